The maximum atomic E-state index is 12.8. The molecular weight excluding hydrogens is 235 g/mol. The molecule has 0 spiro atoms. The van der Waals surface area contributed by atoms with E-state index in [4.69, 9.17) is 5.11 Å². The van der Waals surface area contributed by atoms with Crippen LogP contribution in [0.25, 0.3) is 0 Å². The molecule has 0 aliphatic heterocycles. The molecule has 2 nitrogen and oxygen atoms in total. The van der Waals surface area contributed by atoms with Crippen molar-refractivity contribution in [3.8, 4) is 0 Å². The first-order chi connectivity index (χ1) is 6.86. The summed E-state index contributed by atoms with van der Waals surface area (Å²) in [6.07, 6.45) is -7.55. The molecule has 1 rings (SSSR count). The lowest BCUT2D eigenvalue weighted by Gasteiger charge is -2.24. The van der Waals surface area contributed by atoms with Crippen LogP contribution in [0.1, 0.15) is 26.7 Å². The smallest absolute Gasteiger partial charge is 0.453 e. The molecule has 0 aromatic heterocycles. The quantitative estimate of drug-likeness (QED) is 0.777. The standard InChI is InChI=1S/C9H11F5O2/c1-6(2)3-7(6,5(15)16)4-8(10,11)9(12,13)14/h3-4H2,1-2H3,(H,15,16). The summed E-state index contributed by atoms with van der Waals surface area (Å²) in [4.78, 5) is 10.8. The van der Waals surface area contributed by atoms with Gasteiger partial charge in [-0.2, -0.15) is 22.0 Å². The number of carboxylic acids is 1. The van der Waals surface area contributed by atoms with Crippen molar-refractivity contribution in [1.29, 1.82) is 0 Å². The van der Waals surface area contributed by atoms with Crippen molar-refractivity contribution in [2.24, 2.45) is 10.8 Å². The number of halogens is 5. The van der Waals surface area contributed by atoms with E-state index in [-0.39, 0.29) is 6.42 Å². The first-order valence-electron chi connectivity index (χ1n) is 4.54. The highest BCUT2D eigenvalue weighted by Crippen LogP contribution is 2.68. The van der Waals surface area contributed by atoms with Gasteiger partial charge in [0.15, 0.2) is 0 Å². The molecule has 0 saturated heterocycles. The highest BCUT2D eigenvalue weighted by molar-refractivity contribution is 5.80. The Morgan fingerprint density at radius 3 is 1.81 bits per heavy atom. The first kappa shape index (κ1) is 13.2. The molecule has 1 fully saturated rings. The van der Waals surface area contributed by atoms with Crippen molar-refractivity contribution in [3.05, 3.63) is 0 Å². The van der Waals surface area contributed by atoms with E-state index in [0.29, 0.717) is 0 Å². The van der Waals surface area contributed by atoms with E-state index in [1.165, 1.54) is 13.8 Å². The van der Waals surface area contributed by atoms with Crippen LogP contribution in [0.15, 0.2) is 0 Å². The maximum Gasteiger partial charge on any atom is 0.453 e. The summed E-state index contributed by atoms with van der Waals surface area (Å²) in [5.74, 6) is -6.56. The number of alkyl halides is 5. The Morgan fingerprint density at radius 1 is 1.25 bits per heavy atom. The molecule has 0 aromatic carbocycles. The maximum absolute atomic E-state index is 12.8. The summed E-state index contributed by atoms with van der Waals surface area (Å²) in [6.45, 7) is 2.74. The van der Waals surface area contributed by atoms with Crippen molar-refractivity contribution in [1.82, 2.24) is 0 Å². The van der Waals surface area contributed by atoms with Crippen LogP contribution in [-0.4, -0.2) is 23.2 Å². The van der Waals surface area contributed by atoms with E-state index in [1.54, 1.807) is 0 Å². The second-order valence-electron chi connectivity index (χ2n) is 4.83. The molecule has 1 aliphatic carbocycles. The molecule has 1 saturated carbocycles. The Balaban J connectivity index is 2.94. The number of carbonyl (C=O) groups is 1. The molecule has 0 heterocycles. The summed E-state index contributed by atoms with van der Waals surface area (Å²) in [7, 11) is 0. The summed E-state index contributed by atoms with van der Waals surface area (Å²) >= 11 is 0. The molecule has 0 bridgehead atoms. The highest BCUT2D eigenvalue weighted by atomic mass is 19.4. The fourth-order valence-electron chi connectivity index (χ4n) is 1.93. The summed E-state index contributed by atoms with van der Waals surface area (Å²) < 4.78 is 61.5. The Kier molecular flexibility index (Phi) is 2.53. The van der Waals surface area contributed by atoms with Gasteiger partial charge in [0.05, 0.1) is 5.41 Å². The molecule has 0 aromatic rings. The van der Waals surface area contributed by atoms with Crippen LogP contribution in [0.2, 0.25) is 0 Å². The van der Waals surface area contributed by atoms with Gasteiger partial charge < -0.3 is 5.11 Å². The van der Waals surface area contributed by atoms with Crippen LogP contribution in [0, 0.1) is 10.8 Å². The molecule has 0 amide bonds. The Hall–Kier alpha value is -0.880. The number of hydrogen-bond acceptors (Lipinski definition) is 1. The monoisotopic (exact) mass is 246 g/mol. The SMILES string of the molecule is CC1(C)CC1(CC(F)(F)C(F)(F)F)C(=O)O. The van der Waals surface area contributed by atoms with E-state index < -0.39 is 35.3 Å². The Labute approximate surface area is 88.4 Å². The predicted molar refractivity (Wildman–Crippen MR) is 44.1 cm³/mol. The number of carboxylic acid groups (broad SMARTS) is 1. The van der Waals surface area contributed by atoms with Crippen LogP contribution in [0.3, 0.4) is 0 Å². The van der Waals surface area contributed by atoms with Gasteiger partial charge >= 0.3 is 18.1 Å². The number of aliphatic carboxylic acids is 1. The van der Waals surface area contributed by atoms with E-state index in [2.05, 4.69) is 0 Å². The zero-order valence-corrected chi connectivity index (χ0v) is 8.66. The van der Waals surface area contributed by atoms with Gasteiger partial charge in [-0.15, -0.1) is 0 Å². The van der Waals surface area contributed by atoms with E-state index in [0.717, 1.165) is 0 Å². The molecule has 16 heavy (non-hydrogen) atoms. The van der Waals surface area contributed by atoms with Gasteiger partial charge in [0.2, 0.25) is 0 Å². The summed E-state index contributed by atoms with van der Waals surface area (Å²) in [5, 5.41) is 8.77. The molecule has 94 valence electrons. The van der Waals surface area contributed by atoms with E-state index in [1.807, 2.05) is 0 Å². The van der Waals surface area contributed by atoms with Gasteiger partial charge in [-0.1, -0.05) is 13.8 Å². The van der Waals surface area contributed by atoms with Gasteiger partial charge in [0.25, 0.3) is 0 Å². The van der Waals surface area contributed by atoms with Crippen LogP contribution >= 0.6 is 0 Å². The molecule has 1 atom stereocenters. The molecule has 1 N–H and O–H groups in total. The second-order valence-corrected chi connectivity index (χ2v) is 4.83. The van der Waals surface area contributed by atoms with Crippen molar-refractivity contribution in [2.75, 3.05) is 0 Å². The van der Waals surface area contributed by atoms with Crippen molar-refractivity contribution < 1.29 is 31.9 Å². The second kappa shape index (κ2) is 3.07. The molecule has 1 unspecified atom stereocenters. The Morgan fingerprint density at radius 2 is 1.62 bits per heavy atom. The van der Waals surface area contributed by atoms with E-state index in [9.17, 15) is 26.7 Å². The minimum absolute atomic E-state index is 0.166. The predicted octanol–water partition coefficient (Wildman–Crippen LogP) is 3.08. The average molecular weight is 246 g/mol. The summed E-state index contributed by atoms with van der Waals surface area (Å²) in [5.41, 5.74) is -2.99. The number of rotatable bonds is 3. The fourth-order valence-corrected chi connectivity index (χ4v) is 1.93. The van der Waals surface area contributed by atoms with Gasteiger partial charge in [-0.3, -0.25) is 4.79 Å². The van der Waals surface area contributed by atoms with E-state index >= 15 is 0 Å². The summed E-state index contributed by atoms with van der Waals surface area (Å²) in [6, 6.07) is 0. The largest absolute Gasteiger partial charge is 0.481 e. The van der Waals surface area contributed by atoms with Crippen LogP contribution in [0.5, 0.6) is 0 Å². The fraction of sp³-hybridized carbons (Fsp3) is 0.889. The van der Waals surface area contributed by atoms with Crippen molar-refractivity contribution >= 4 is 5.97 Å². The topological polar surface area (TPSA) is 37.3 Å². The third-order valence-electron chi connectivity index (χ3n) is 3.26. The molecule has 0 radical (unpaired) electrons. The van der Waals surface area contributed by atoms with Crippen molar-refractivity contribution in [2.45, 2.75) is 38.8 Å². The van der Waals surface area contributed by atoms with Crippen LogP contribution < -0.4 is 0 Å². The zero-order valence-electron chi connectivity index (χ0n) is 8.66. The Bertz CT molecular complexity index is 320. The third kappa shape index (κ3) is 1.76. The first-order valence-corrected chi connectivity index (χ1v) is 4.54. The lowest BCUT2D eigenvalue weighted by atomic mass is 9.89. The van der Waals surface area contributed by atoms with Crippen LogP contribution in [-0.2, 0) is 4.79 Å². The molecular formula is C9H11F5O2. The van der Waals surface area contributed by atoms with Gasteiger partial charge in [0, 0.05) is 6.42 Å². The minimum Gasteiger partial charge on any atom is -0.481 e. The number of hydrogen-bond donors (Lipinski definition) is 1. The molecule has 1 aliphatic rings. The zero-order chi connectivity index (χ0) is 13.0. The lowest BCUT2D eigenvalue weighted by Crippen LogP contribution is -2.41. The van der Waals surface area contributed by atoms with Gasteiger partial charge in [-0.05, 0) is 11.8 Å². The third-order valence-corrected chi connectivity index (χ3v) is 3.26. The highest BCUT2D eigenvalue weighted by Gasteiger charge is 2.73. The normalized spacial score (nSPS) is 28.9. The molecule has 7 heteroatoms. The van der Waals surface area contributed by atoms with Gasteiger partial charge in [-0.25, -0.2) is 0 Å². The minimum atomic E-state index is -5.70. The lowest BCUT2D eigenvalue weighted by molar-refractivity contribution is -0.289. The van der Waals surface area contributed by atoms with Crippen LogP contribution in [0.4, 0.5) is 22.0 Å². The van der Waals surface area contributed by atoms with Crippen molar-refractivity contribution in [3.63, 3.8) is 0 Å². The van der Waals surface area contributed by atoms with Gasteiger partial charge in [0.1, 0.15) is 0 Å². The average Bonchev–Trinajstić information content (AvgIpc) is 2.50.